The number of halogens is 1. The second-order valence-corrected chi connectivity index (χ2v) is 5.24. The number of hydrogen-bond acceptors (Lipinski definition) is 2. The van der Waals surface area contributed by atoms with Gasteiger partial charge in [-0.2, -0.15) is 0 Å². The van der Waals surface area contributed by atoms with Crippen LogP contribution in [-0.4, -0.2) is 23.0 Å². The molecule has 1 aromatic rings. The van der Waals surface area contributed by atoms with Crippen LogP contribution in [0.1, 0.15) is 37.8 Å². The Labute approximate surface area is 120 Å². The highest BCUT2D eigenvalue weighted by atomic mass is 35.5. The number of hydrogen-bond donors (Lipinski definition) is 1. The van der Waals surface area contributed by atoms with Crippen molar-refractivity contribution in [1.29, 1.82) is 0 Å². The van der Waals surface area contributed by atoms with Gasteiger partial charge in [0.1, 0.15) is 4.99 Å². The summed E-state index contributed by atoms with van der Waals surface area (Å²) in [5.41, 5.74) is 7.55. The average molecular weight is 285 g/mol. The zero-order valence-corrected chi connectivity index (χ0v) is 12.7. The Kier molecular flexibility index (Phi) is 6.61. The van der Waals surface area contributed by atoms with Crippen LogP contribution in [0.15, 0.2) is 18.2 Å². The molecular formula is C14H21ClN2S. The molecule has 0 fully saturated rings. The molecule has 1 aromatic carbocycles. The van der Waals surface area contributed by atoms with Crippen molar-refractivity contribution in [3.8, 4) is 0 Å². The number of unbranched alkanes of at least 4 members (excludes halogenated alkanes) is 1. The van der Waals surface area contributed by atoms with E-state index in [0.29, 0.717) is 4.99 Å². The molecule has 2 nitrogen and oxygen atoms in total. The van der Waals surface area contributed by atoms with E-state index >= 15 is 0 Å². The lowest BCUT2D eigenvalue weighted by molar-refractivity contribution is 0.275. The Bertz CT molecular complexity index is 407. The predicted octanol–water partition coefficient (Wildman–Crippen LogP) is 3.60. The van der Waals surface area contributed by atoms with Crippen molar-refractivity contribution >= 4 is 28.8 Å². The molecule has 0 aliphatic heterocycles. The number of rotatable bonds is 7. The van der Waals surface area contributed by atoms with E-state index < -0.39 is 0 Å². The largest absolute Gasteiger partial charge is 0.389 e. The van der Waals surface area contributed by atoms with Crippen molar-refractivity contribution in [2.45, 2.75) is 33.2 Å². The molecule has 0 aromatic heterocycles. The maximum Gasteiger partial charge on any atom is 0.104 e. The molecule has 0 aliphatic rings. The van der Waals surface area contributed by atoms with Crippen molar-refractivity contribution in [3.05, 3.63) is 34.3 Å². The third-order valence-corrected chi connectivity index (χ3v) is 3.59. The summed E-state index contributed by atoms with van der Waals surface area (Å²) in [6, 6.07) is 5.82. The SMILES string of the molecule is CCCCN(CC)Cc1ccc(C(N)=S)cc1Cl. The number of benzene rings is 1. The molecule has 0 atom stereocenters. The summed E-state index contributed by atoms with van der Waals surface area (Å²) in [4.78, 5) is 2.78. The molecule has 0 bridgehead atoms. The van der Waals surface area contributed by atoms with Crippen LogP contribution in [0.25, 0.3) is 0 Å². The number of nitrogens with zero attached hydrogens (tertiary/aromatic N) is 1. The molecule has 0 amide bonds. The van der Waals surface area contributed by atoms with Gasteiger partial charge in [0.25, 0.3) is 0 Å². The smallest absolute Gasteiger partial charge is 0.104 e. The van der Waals surface area contributed by atoms with Gasteiger partial charge in [-0.1, -0.05) is 56.2 Å². The van der Waals surface area contributed by atoms with Gasteiger partial charge in [-0.3, -0.25) is 4.90 Å². The van der Waals surface area contributed by atoms with E-state index in [2.05, 4.69) is 18.7 Å². The minimum absolute atomic E-state index is 0.391. The van der Waals surface area contributed by atoms with Crippen molar-refractivity contribution < 1.29 is 0 Å². The first-order valence-electron chi connectivity index (χ1n) is 6.39. The number of nitrogens with two attached hydrogens (primary N) is 1. The fourth-order valence-electron chi connectivity index (χ4n) is 1.80. The lowest BCUT2D eigenvalue weighted by atomic mass is 10.1. The quantitative estimate of drug-likeness (QED) is 0.776. The molecule has 0 saturated heterocycles. The van der Waals surface area contributed by atoms with Gasteiger partial charge in [-0.25, -0.2) is 0 Å². The van der Waals surface area contributed by atoms with E-state index in [9.17, 15) is 0 Å². The third kappa shape index (κ3) is 4.56. The molecule has 4 heteroatoms. The number of thiocarbonyl (C=S) groups is 1. The standard InChI is InChI=1S/C14H21ClN2S/c1-3-5-8-17(4-2)10-12-7-6-11(14(16)18)9-13(12)15/h6-7,9H,3-5,8,10H2,1-2H3,(H2,16,18). The molecule has 100 valence electrons. The van der Waals surface area contributed by atoms with Crippen LogP contribution in [0, 0.1) is 0 Å². The zero-order valence-electron chi connectivity index (χ0n) is 11.1. The maximum absolute atomic E-state index is 6.27. The fraction of sp³-hybridized carbons (Fsp3) is 0.500. The highest BCUT2D eigenvalue weighted by molar-refractivity contribution is 7.80. The van der Waals surface area contributed by atoms with Gasteiger partial charge in [0, 0.05) is 17.1 Å². The Balaban J connectivity index is 2.74. The van der Waals surface area contributed by atoms with Gasteiger partial charge in [-0.05, 0) is 31.1 Å². The first kappa shape index (κ1) is 15.4. The summed E-state index contributed by atoms with van der Waals surface area (Å²) in [5.74, 6) is 0. The van der Waals surface area contributed by atoms with Crippen LogP contribution in [0.3, 0.4) is 0 Å². The Hall–Kier alpha value is -0.640. The van der Waals surface area contributed by atoms with Gasteiger partial charge in [0.15, 0.2) is 0 Å². The van der Waals surface area contributed by atoms with Crippen LogP contribution in [0.4, 0.5) is 0 Å². The van der Waals surface area contributed by atoms with E-state index in [1.54, 1.807) is 0 Å². The summed E-state index contributed by atoms with van der Waals surface area (Å²) in [7, 11) is 0. The molecule has 0 aliphatic carbocycles. The van der Waals surface area contributed by atoms with Crippen molar-refractivity contribution in [2.75, 3.05) is 13.1 Å². The third-order valence-electron chi connectivity index (χ3n) is 3.01. The molecule has 1 rings (SSSR count). The van der Waals surface area contributed by atoms with Crippen LogP contribution >= 0.6 is 23.8 Å². The van der Waals surface area contributed by atoms with Gasteiger partial charge >= 0.3 is 0 Å². The zero-order chi connectivity index (χ0) is 13.5. The van der Waals surface area contributed by atoms with Gasteiger partial charge in [-0.15, -0.1) is 0 Å². The van der Waals surface area contributed by atoms with Crippen LogP contribution in [0.2, 0.25) is 5.02 Å². The lowest BCUT2D eigenvalue weighted by Crippen LogP contribution is -2.24. The normalized spacial score (nSPS) is 10.9. The van der Waals surface area contributed by atoms with E-state index in [-0.39, 0.29) is 0 Å². The summed E-state index contributed by atoms with van der Waals surface area (Å²) >= 11 is 11.2. The predicted molar refractivity (Wildman–Crippen MR) is 83.2 cm³/mol. The van der Waals surface area contributed by atoms with Crippen molar-refractivity contribution in [2.24, 2.45) is 5.73 Å². The lowest BCUT2D eigenvalue weighted by Gasteiger charge is -2.21. The molecule has 0 heterocycles. The van der Waals surface area contributed by atoms with Crippen LogP contribution < -0.4 is 5.73 Å². The van der Waals surface area contributed by atoms with Gasteiger partial charge in [0.2, 0.25) is 0 Å². The van der Waals surface area contributed by atoms with Crippen molar-refractivity contribution in [3.63, 3.8) is 0 Å². The van der Waals surface area contributed by atoms with E-state index in [1.807, 2.05) is 18.2 Å². The monoisotopic (exact) mass is 284 g/mol. The summed E-state index contributed by atoms with van der Waals surface area (Å²) < 4.78 is 0. The maximum atomic E-state index is 6.27. The van der Waals surface area contributed by atoms with Crippen LogP contribution in [0.5, 0.6) is 0 Å². The summed E-state index contributed by atoms with van der Waals surface area (Å²) in [6.07, 6.45) is 2.43. The first-order chi connectivity index (χ1) is 8.58. The van der Waals surface area contributed by atoms with E-state index in [0.717, 1.165) is 35.8 Å². The Morgan fingerprint density at radius 1 is 1.39 bits per heavy atom. The van der Waals surface area contributed by atoms with E-state index in [1.165, 1.54) is 12.8 Å². The molecule has 0 saturated carbocycles. The Morgan fingerprint density at radius 3 is 2.61 bits per heavy atom. The van der Waals surface area contributed by atoms with Crippen LogP contribution in [-0.2, 0) is 6.54 Å². The minimum Gasteiger partial charge on any atom is -0.389 e. The topological polar surface area (TPSA) is 29.3 Å². The molecule has 0 radical (unpaired) electrons. The van der Waals surface area contributed by atoms with Crippen molar-refractivity contribution in [1.82, 2.24) is 4.90 Å². The summed E-state index contributed by atoms with van der Waals surface area (Å²) in [5, 5.41) is 0.746. The molecule has 0 unspecified atom stereocenters. The average Bonchev–Trinajstić information content (AvgIpc) is 2.35. The Morgan fingerprint density at radius 2 is 2.11 bits per heavy atom. The molecule has 2 N–H and O–H groups in total. The molecular weight excluding hydrogens is 264 g/mol. The highest BCUT2D eigenvalue weighted by Gasteiger charge is 2.08. The fourth-order valence-corrected chi connectivity index (χ4v) is 2.17. The minimum atomic E-state index is 0.391. The second-order valence-electron chi connectivity index (χ2n) is 4.39. The van der Waals surface area contributed by atoms with Gasteiger partial charge < -0.3 is 5.73 Å². The second kappa shape index (κ2) is 7.72. The molecule has 0 spiro atoms. The van der Waals surface area contributed by atoms with E-state index in [4.69, 9.17) is 29.6 Å². The highest BCUT2D eigenvalue weighted by Crippen LogP contribution is 2.20. The summed E-state index contributed by atoms with van der Waals surface area (Å²) in [6.45, 7) is 7.41. The molecule has 18 heavy (non-hydrogen) atoms. The van der Waals surface area contributed by atoms with Gasteiger partial charge in [0.05, 0.1) is 0 Å². The first-order valence-corrected chi connectivity index (χ1v) is 7.17.